The van der Waals surface area contributed by atoms with E-state index in [0.29, 0.717) is 5.92 Å². The van der Waals surface area contributed by atoms with Gasteiger partial charge in [0.2, 0.25) is 0 Å². The SMILES string of the molecule is Cc1nc(NCc2ccccc2)sc1C(C)C. The molecular weight excluding hydrogens is 228 g/mol. The van der Waals surface area contributed by atoms with E-state index in [4.69, 9.17) is 0 Å². The molecule has 0 saturated carbocycles. The van der Waals surface area contributed by atoms with E-state index in [1.165, 1.54) is 10.4 Å². The van der Waals surface area contributed by atoms with E-state index in [0.717, 1.165) is 17.4 Å². The van der Waals surface area contributed by atoms with Gasteiger partial charge in [-0.25, -0.2) is 4.98 Å². The second kappa shape index (κ2) is 5.32. The largest absolute Gasteiger partial charge is 0.357 e. The summed E-state index contributed by atoms with van der Waals surface area (Å²) >= 11 is 1.76. The average molecular weight is 246 g/mol. The molecule has 1 N–H and O–H groups in total. The van der Waals surface area contributed by atoms with Crippen molar-refractivity contribution in [2.75, 3.05) is 5.32 Å². The molecule has 0 unspecified atom stereocenters. The number of nitrogens with zero attached hydrogens (tertiary/aromatic N) is 1. The molecular formula is C14H18N2S. The van der Waals surface area contributed by atoms with Gasteiger partial charge in [0.1, 0.15) is 0 Å². The fourth-order valence-electron chi connectivity index (χ4n) is 1.79. The molecule has 0 aliphatic rings. The monoisotopic (exact) mass is 246 g/mol. The standard InChI is InChI=1S/C14H18N2S/c1-10(2)13-11(3)16-14(17-13)15-9-12-7-5-4-6-8-12/h4-8,10H,9H2,1-3H3,(H,15,16). The van der Waals surface area contributed by atoms with Gasteiger partial charge in [0.25, 0.3) is 0 Å². The Bertz CT molecular complexity index is 474. The number of thiazole rings is 1. The molecule has 17 heavy (non-hydrogen) atoms. The van der Waals surface area contributed by atoms with Crippen LogP contribution in [0.3, 0.4) is 0 Å². The number of aryl methyl sites for hydroxylation is 1. The molecule has 1 heterocycles. The van der Waals surface area contributed by atoms with E-state index in [9.17, 15) is 0 Å². The topological polar surface area (TPSA) is 24.9 Å². The van der Waals surface area contributed by atoms with Crippen LogP contribution in [-0.2, 0) is 6.54 Å². The first kappa shape index (κ1) is 12.1. The molecule has 0 aliphatic carbocycles. The van der Waals surface area contributed by atoms with Crippen LogP contribution < -0.4 is 5.32 Å². The molecule has 0 saturated heterocycles. The van der Waals surface area contributed by atoms with Crippen molar-refractivity contribution in [3.05, 3.63) is 46.5 Å². The molecule has 0 aliphatic heterocycles. The second-order valence-electron chi connectivity index (χ2n) is 4.46. The van der Waals surface area contributed by atoms with E-state index in [-0.39, 0.29) is 0 Å². The zero-order chi connectivity index (χ0) is 12.3. The number of nitrogens with one attached hydrogen (secondary N) is 1. The zero-order valence-electron chi connectivity index (χ0n) is 10.5. The first-order valence-electron chi connectivity index (χ1n) is 5.92. The number of anilines is 1. The smallest absolute Gasteiger partial charge is 0.183 e. The van der Waals surface area contributed by atoms with Crippen LogP contribution in [0.2, 0.25) is 0 Å². The Labute approximate surface area is 107 Å². The lowest BCUT2D eigenvalue weighted by Crippen LogP contribution is -1.98. The van der Waals surface area contributed by atoms with Crippen molar-refractivity contribution in [3.63, 3.8) is 0 Å². The van der Waals surface area contributed by atoms with Crippen LogP contribution in [0, 0.1) is 6.92 Å². The van der Waals surface area contributed by atoms with Crippen LogP contribution in [0.1, 0.15) is 35.9 Å². The lowest BCUT2D eigenvalue weighted by Gasteiger charge is -2.02. The maximum atomic E-state index is 4.55. The maximum absolute atomic E-state index is 4.55. The molecule has 0 spiro atoms. The molecule has 1 aromatic carbocycles. The van der Waals surface area contributed by atoms with Crippen molar-refractivity contribution in [3.8, 4) is 0 Å². The molecule has 2 aromatic rings. The lowest BCUT2D eigenvalue weighted by atomic mass is 10.1. The molecule has 2 nitrogen and oxygen atoms in total. The van der Waals surface area contributed by atoms with Crippen molar-refractivity contribution in [2.24, 2.45) is 0 Å². The summed E-state index contributed by atoms with van der Waals surface area (Å²) in [6.45, 7) is 7.34. The minimum Gasteiger partial charge on any atom is -0.357 e. The molecule has 0 atom stereocenters. The second-order valence-corrected chi connectivity index (χ2v) is 5.49. The minimum atomic E-state index is 0.555. The lowest BCUT2D eigenvalue weighted by molar-refractivity contribution is 0.873. The number of rotatable bonds is 4. The van der Waals surface area contributed by atoms with Crippen molar-refractivity contribution in [1.82, 2.24) is 4.98 Å². The Kier molecular flexibility index (Phi) is 3.79. The van der Waals surface area contributed by atoms with Gasteiger partial charge in [-0.1, -0.05) is 44.2 Å². The molecule has 0 bridgehead atoms. The van der Waals surface area contributed by atoms with Gasteiger partial charge in [-0.2, -0.15) is 0 Å². The molecule has 0 fully saturated rings. The summed E-state index contributed by atoms with van der Waals surface area (Å²) in [4.78, 5) is 5.93. The molecule has 3 heteroatoms. The Hall–Kier alpha value is -1.35. The Balaban J connectivity index is 2.02. The van der Waals surface area contributed by atoms with Gasteiger partial charge >= 0.3 is 0 Å². The van der Waals surface area contributed by atoms with Crippen LogP contribution in [-0.4, -0.2) is 4.98 Å². The average Bonchev–Trinajstić information content (AvgIpc) is 2.69. The van der Waals surface area contributed by atoms with Crippen molar-refractivity contribution < 1.29 is 0 Å². The summed E-state index contributed by atoms with van der Waals surface area (Å²) in [6, 6.07) is 10.4. The quantitative estimate of drug-likeness (QED) is 0.875. The summed E-state index contributed by atoms with van der Waals surface area (Å²) in [6.07, 6.45) is 0. The van der Waals surface area contributed by atoms with Crippen molar-refractivity contribution in [1.29, 1.82) is 0 Å². The Morgan fingerprint density at radius 3 is 2.53 bits per heavy atom. The van der Waals surface area contributed by atoms with Crippen LogP contribution in [0.4, 0.5) is 5.13 Å². The number of aromatic nitrogens is 1. The summed E-state index contributed by atoms with van der Waals surface area (Å²) < 4.78 is 0. The molecule has 0 radical (unpaired) electrons. The highest BCUT2D eigenvalue weighted by molar-refractivity contribution is 7.15. The molecule has 90 valence electrons. The van der Waals surface area contributed by atoms with E-state index in [2.05, 4.69) is 55.3 Å². The predicted octanol–water partition coefficient (Wildman–Crippen LogP) is 4.19. The van der Waals surface area contributed by atoms with E-state index >= 15 is 0 Å². The highest BCUT2D eigenvalue weighted by Gasteiger charge is 2.10. The first-order valence-corrected chi connectivity index (χ1v) is 6.73. The van der Waals surface area contributed by atoms with Crippen LogP contribution in [0.25, 0.3) is 0 Å². The van der Waals surface area contributed by atoms with Gasteiger partial charge < -0.3 is 5.32 Å². The normalized spacial score (nSPS) is 10.8. The van der Waals surface area contributed by atoms with Gasteiger partial charge in [-0.3, -0.25) is 0 Å². The third-order valence-electron chi connectivity index (χ3n) is 2.64. The predicted molar refractivity (Wildman–Crippen MR) is 74.7 cm³/mol. The fourth-order valence-corrected chi connectivity index (χ4v) is 2.76. The molecule has 2 rings (SSSR count). The summed E-state index contributed by atoms with van der Waals surface area (Å²) in [7, 11) is 0. The summed E-state index contributed by atoms with van der Waals surface area (Å²) in [5.41, 5.74) is 2.44. The highest BCUT2D eigenvalue weighted by atomic mass is 32.1. The fraction of sp³-hybridized carbons (Fsp3) is 0.357. The highest BCUT2D eigenvalue weighted by Crippen LogP contribution is 2.29. The maximum Gasteiger partial charge on any atom is 0.183 e. The third kappa shape index (κ3) is 3.07. The number of benzene rings is 1. The van der Waals surface area contributed by atoms with Crippen LogP contribution in [0.15, 0.2) is 30.3 Å². The minimum absolute atomic E-state index is 0.555. The third-order valence-corrected chi connectivity index (χ3v) is 4.06. The van der Waals surface area contributed by atoms with Crippen molar-refractivity contribution in [2.45, 2.75) is 33.2 Å². The summed E-state index contributed by atoms with van der Waals surface area (Å²) in [5, 5.41) is 4.41. The Morgan fingerprint density at radius 1 is 1.24 bits per heavy atom. The van der Waals surface area contributed by atoms with Crippen LogP contribution in [0.5, 0.6) is 0 Å². The van der Waals surface area contributed by atoms with Gasteiger partial charge in [0.15, 0.2) is 5.13 Å². The number of hydrogen-bond donors (Lipinski definition) is 1. The first-order chi connectivity index (χ1) is 8.16. The van der Waals surface area contributed by atoms with E-state index < -0.39 is 0 Å². The van der Waals surface area contributed by atoms with Gasteiger partial charge in [-0.05, 0) is 18.4 Å². The molecule has 1 aromatic heterocycles. The summed E-state index contributed by atoms with van der Waals surface area (Å²) in [5.74, 6) is 0.555. The van der Waals surface area contributed by atoms with Gasteiger partial charge in [0, 0.05) is 11.4 Å². The van der Waals surface area contributed by atoms with Gasteiger partial charge in [-0.15, -0.1) is 11.3 Å². The van der Waals surface area contributed by atoms with Crippen LogP contribution >= 0.6 is 11.3 Å². The Morgan fingerprint density at radius 2 is 1.94 bits per heavy atom. The zero-order valence-corrected chi connectivity index (χ0v) is 11.3. The van der Waals surface area contributed by atoms with E-state index in [1.54, 1.807) is 11.3 Å². The van der Waals surface area contributed by atoms with Crippen molar-refractivity contribution >= 4 is 16.5 Å². The van der Waals surface area contributed by atoms with Gasteiger partial charge in [0.05, 0.1) is 5.69 Å². The van der Waals surface area contributed by atoms with E-state index in [1.807, 2.05) is 6.07 Å². The molecule has 0 amide bonds. The number of hydrogen-bond acceptors (Lipinski definition) is 3.